The summed E-state index contributed by atoms with van der Waals surface area (Å²) in [4.78, 5) is 10.6. The van der Waals surface area contributed by atoms with E-state index in [4.69, 9.17) is 14.4 Å². The molecule has 3 heteroatoms. The molecule has 0 aliphatic heterocycles. The Hall–Kier alpha value is -8.14. The van der Waals surface area contributed by atoms with Gasteiger partial charge in [-0.15, -0.1) is 0 Å². The molecule has 2 heterocycles. The van der Waals surface area contributed by atoms with Crippen molar-refractivity contribution in [3.05, 3.63) is 253 Å². The highest BCUT2D eigenvalue weighted by Crippen LogP contribution is 2.58. The SMILES string of the molecule is c1ccc(-c2nc(-c3ccc(-c4ccc(-c5cccc6c5oc5ccccc56)cc4)cc3)cc(-c3cccc4c3-c3ccccc3C4(c3ccccc3)c3ccccc3)n2)cc1. The third kappa shape index (κ3) is 5.67. The summed E-state index contributed by atoms with van der Waals surface area (Å²) in [5, 5.41) is 2.27. The minimum atomic E-state index is -0.503. The van der Waals surface area contributed by atoms with Crippen molar-refractivity contribution >= 4 is 21.9 Å². The second-order valence-electron chi connectivity index (χ2n) is 16.0. The van der Waals surface area contributed by atoms with Crippen LogP contribution < -0.4 is 0 Å². The van der Waals surface area contributed by atoms with Crippen molar-refractivity contribution in [1.29, 1.82) is 0 Å². The highest BCUT2D eigenvalue weighted by molar-refractivity contribution is 6.09. The molecule has 0 saturated heterocycles. The first kappa shape index (κ1) is 35.8. The lowest BCUT2D eigenvalue weighted by Gasteiger charge is -2.33. The van der Waals surface area contributed by atoms with Crippen LogP contribution in [0.5, 0.6) is 0 Å². The minimum absolute atomic E-state index is 0.503. The first-order chi connectivity index (χ1) is 30.7. The predicted molar refractivity (Wildman–Crippen MR) is 254 cm³/mol. The van der Waals surface area contributed by atoms with Gasteiger partial charge in [0, 0.05) is 33.0 Å². The fourth-order valence-corrected chi connectivity index (χ4v) is 9.81. The summed E-state index contributed by atoms with van der Waals surface area (Å²) in [5.74, 6) is 0.693. The highest BCUT2D eigenvalue weighted by Gasteiger charge is 2.46. The lowest BCUT2D eigenvalue weighted by Crippen LogP contribution is -2.28. The van der Waals surface area contributed by atoms with Gasteiger partial charge >= 0.3 is 0 Å². The smallest absolute Gasteiger partial charge is 0.160 e. The summed E-state index contributed by atoms with van der Waals surface area (Å²) in [5.41, 5.74) is 18.1. The van der Waals surface area contributed by atoms with Crippen molar-refractivity contribution in [2.75, 3.05) is 0 Å². The van der Waals surface area contributed by atoms with Crippen LogP contribution in [0.1, 0.15) is 22.3 Å². The van der Waals surface area contributed by atoms with Gasteiger partial charge in [-0.25, -0.2) is 9.97 Å². The van der Waals surface area contributed by atoms with Crippen molar-refractivity contribution < 1.29 is 4.42 Å². The van der Waals surface area contributed by atoms with E-state index in [9.17, 15) is 0 Å². The van der Waals surface area contributed by atoms with Crippen LogP contribution in [0, 0.1) is 0 Å². The Morgan fingerprint density at radius 1 is 0.339 bits per heavy atom. The van der Waals surface area contributed by atoms with E-state index >= 15 is 0 Å². The topological polar surface area (TPSA) is 38.9 Å². The van der Waals surface area contributed by atoms with Gasteiger partial charge in [0.25, 0.3) is 0 Å². The molecule has 0 spiro atoms. The summed E-state index contributed by atoms with van der Waals surface area (Å²) >= 11 is 0. The van der Waals surface area contributed by atoms with E-state index in [1.165, 1.54) is 33.4 Å². The number of fused-ring (bicyclic) bond motifs is 6. The van der Waals surface area contributed by atoms with Crippen molar-refractivity contribution in [2.45, 2.75) is 5.41 Å². The number of benzene rings is 9. The molecule has 11 aromatic rings. The maximum Gasteiger partial charge on any atom is 0.160 e. The molecule has 0 atom stereocenters. The van der Waals surface area contributed by atoms with E-state index in [-0.39, 0.29) is 0 Å². The number of aromatic nitrogens is 2. The van der Waals surface area contributed by atoms with Crippen molar-refractivity contribution in [3.63, 3.8) is 0 Å². The number of furan rings is 1. The Balaban J connectivity index is 0.963. The van der Waals surface area contributed by atoms with E-state index in [1.54, 1.807) is 0 Å². The number of hydrogen-bond donors (Lipinski definition) is 0. The first-order valence-corrected chi connectivity index (χ1v) is 21.1. The van der Waals surface area contributed by atoms with E-state index < -0.39 is 5.41 Å². The van der Waals surface area contributed by atoms with Gasteiger partial charge in [0.1, 0.15) is 11.2 Å². The molecule has 290 valence electrons. The number of hydrogen-bond acceptors (Lipinski definition) is 3. The second kappa shape index (κ2) is 14.5. The molecule has 0 unspecified atom stereocenters. The van der Waals surface area contributed by atoms with E-state index in [0.717, 1.165) is 72.3 Å². The summed E-state index contributed by atoms with van der Waals surface area (Å²) in [6.07, 6.45) is 0. The molecule has 3 nitrogen and oxygen atoms in total. The van der Waals surface area contributed by atoms with Crippen LogP contribution in [0.4, 0.5) is 0 Å². The monoisotopic (exact) mass is 790 g/mol. The second-order valence-corrected chi connectivity index (χ2v) is 16.0. The van der Waals surface area contributed by atoms with Crippen LogP contribution in [0.2, 0.25) is 0 Å². The molecule has 0 bridgehead atoms. The van der Waals surface area contributed by atoms with Crippen LogP contribution >= 0.6 is 0 Å². The summed E-state index contributed by atoms with van der Waals surface area (Å²) in [6, 6.07) is 82.1. The Labute approximate surface area is 360 Å². The van der Waals surface area contributed by atoms with Crippen LogP contribution in [-0.2, 0) is 5.41 Å². The van der Waals surface area contributed by atoms with Gasteiger partial charge in [-0.3, -0.25) is 0 Å². The van der Waals surface area contributed by atoms with E-state index in [0.29, 0.717) is 5.82 Å². The predicted octanol–water partition coefficient (Wildman–Crippen LogP) is 15.1. The molecule has 1 aliphatic carbocycles. The van der Waals surface area contributed by atoms with Gasteiger partial charge in [0.2, 0.25) is 0 Å². The van der Waals surface area contributed by atoms with Gasteiger partial charge in [-0.2, -0.15) is 0 Å². The van der Waals surface area contributed by atoms with Gasteiger partial charge in [-0.05, 0) is 62.2 Å². The van der Waals surface area contributed by atoms with Gasteiger partial charge < -0.3 is 4.42 Å². The first-order valence-electron chi connectivity index (χ1n) is 21.1. The normalized spacial score (nSPS) is 12.6. The average Bonchev–Trinajstić information content (AvgIpc) is 3.89. The molecule has 62 heavy (non-hydrogen) atoms. The molecule has 0 N–H and O–H groups in total. The van der Waals surface area contributed by atoms with Crippen molar-refractivity contribution in [2.24, 2.45) is 0 Å². The van der Waals surface area contributed by atoms with E-state index in [2.05, 4.69) is 200 Å². The number of nitrogens with zero attached hydrogens (tertiary/aromatic N) is 2. The maximum absolute atomic E-state index is 6.35. The average molecular weight is 791 g/mol. The molecule has 9 aromatic carbocycles. The Bertz CT molecular complexity index is 3390. The molecule has 2 aromatic heterocycles. The van der Waals surface area contributed by atoms with Crippen LogP contribution in [-0.4, -0.2) is 9.97 Å². The number of para-hydroxylation sites is 2. The third-order valence-electron chi connectivity index (χ3n) is 12.6. The Kier molecular flexibility index (Phi) is 8.39. The van der Waals surface area contributed by atoms with Crippen molar-refractivity contribution in [3.8, 4) is 67.3 Å². The van der Waals surface area contributed by atoms with Gasteiger partial charge in [0.05, 0.1) is 16.8 Å². The fourth-order valence-electron chi connectivity index (χ4n) is 9.81. The molecule has 12 rings (SSSR count). The molecule has 0 fully saturated rings. The lowest BCUT2D eigenvalue weighted by molar-refractivity contribution is 0.670. The highest BCUT2D eigenvalue weighted by atomic mass is 16.3. The molecule has 0 amide bonds. The number of rotatable bonds is 7. The maximum atomic E-state index is 6.35. The minimum Gasteiger partial charge on any atom is -0.455 e. The Morgan fingerprint density at radius 2 is 0.855 bits per heavy atom. The van der Waals surface area contributed by atoms with Gasteiger partial charge in [-0.1, -0.05) is 218 Å². The van der Waals surface area contributed by atoms with Crippen LogP contribution in [0.15, 0.2) is 235 Å². The molecule has 0 radical (unpaired) electrons. The zero-order chi connectivity index (χ0) is 41.0. The standard InChI is InChI=1S/C59H38N2O/c1-4-16-43(17-5-1)58-60-53(42-36-32-40(33-37-42)39-30-34-41(35-31-39)46-24-14-25-48-47-22-11-13-29-55(47)62-57(46)48)38-54(61-58)50-26-15-28-52-56(50)49-23-10-12-27-51(49)59(52,44-18-6-2-7-19-44)45-20-8-3-9-21-45/h1-38H. The van der Waals surface area contributed by atoms with Gasteiger partial charge in [0.15, 0.2) is 5.82 Å². The van der Waals surface area contributed by atoms with E-state index in [1.807, 2.05) is 30.3 Å². The molecule has 0 saturated carbocycles. The zero-order valence-corrected chi connectivity index (χ0v) is 33.7. The third-order valence-corrected chi connectivity index (χ3v) is 12.6. The summed E-state index contributed by atoms with van der Waals surface area (Å²) in [7, 11) is 0. The van der Waals surface area contributed by atoms with Crippen LogP contribution in [0.3, 0.4) is 0 Å². The molecular formula is C59H38N2O. The van der Waals surface area contributed by atoms with Crippen LogP contribution in [0.25, 0.3) is 89.2 Å². The summed E-state index contributed by atoms with van der Waals surface area (Å²) in [6.45, 7) is 0. The zero-order valence-electron chi connectivity index (χ0n) is 33.7. The largest absolute Gasteiger partial charge is 0.455 e. The fraction of sp³-hybridized carbons (Fsp3) is 0.0169. The molecule has 1 aliphatic rings. The Morgan fingerprint density at radius 3 is 1.58 bits per heavy atom. The molecular weight excluding hydrogens is 753 g/mol. The quantitative estimate of drug-likeness (QED) is 0.161. The lowest BCUT2D eigenvalue weighted by atomic mass is 9.67. The van der Waals surface area contributed by atoms with Crippen molar-refractivity contribution in [1.82, 2.24) is 9.97 Å². The summed E-state index contributed by atoms with van der Waals surface area (Å²) < 4.78 is 6.35.